The molecule has 0 aromatic heterocycles. The van der Waals surface area contributed by atoms with Crippen LogP contribution in [0, 0.1) is 0 Å². The molecule has 17 heavy (non-hydrogen) atoms. The Labute approximate surface area is 109 Å². The van der Waals surface area contributed by atoms with Gasteiger partial charge in [0.15, 0.2) is 0 Å². The largest absolute Gasteiger partial charge is 0.496 e. The van der Waals surface area contributed by atoms with Crippen molar-refractivity contribution in [1.29, 1.82) is 0 Å². The van der Waals surface area contributed by atoms with Gasteiger partial charge in [0.2, 0.25) is 0 Å². The van der Waals surface area contributed by atoms with E-state index in [4.69, 9.17) is 16.3 Å². The molecule has 0 bridgehead atoms. The molecule has 0 amide bonds. The predicted octanol–water partition coefficient (Wildman–Crippen LogP) is 3.74. The average Bonchev–Trinajstić information content (AvgIpc) is 2.27. The molecular weight excluding hydrogens is 236 g/mol. The first kappa shape index (κ1) is 14.3. The van der Waals surface area contributed by atoms with Crippen LogP contribution >= 0.6 is 11.6 Å². The molecule has 1 rings (SSSR count). The van der Waals surface area contributed by atoms with Gasteiger partial charge in [0.25, 0.3) is 0 Å². The maximum atomic E-state index is 9.40. The number of aliphatic hydroxyl groups is 1. The lowest BCUT2D eigenvalue weighted by Crippen LogP contribution is -2.22. The van der Waals surface area contributed by atoms with Gasteiger partial charge in [0.05, 0.1) is 13.7 Å². The summed E-state index contributed by atoms with van der Waals surface area (Å²) in [4.78, 5) is 0. The fraction of sp³-hybridized carbons (Fsp3) is 0.571. The molecule has 0 fully saturated rings. The summed E-state index contributed by atoms with van der Waals surface area (Å²) in [5.41, 5.74) is 1.70. The highest BCUT2D eigenvalue weighted by molar-refractivity contribution is 6.31. The first-order valence-corrected chi connectivity index (χ1v) is 6.20. The van der Waals surface area contributed by atoms with E-state index in [0.717, 1.165) is 16.9 Å². The fourth-order valence-corrected chi connectivity index (χ4v) is 2.23. The monoisotopic (exact) mass is 256 g/mol. The third-order valence-corrected chi connectivity index (χ3v) is 3.38. The minimum atomic E-state index is -0.313. The van der Waals surface area contributed by atoms with Gasteiger partial charge in [-0.25, -0.2) is 0 Å². The Kier molecular flexibility index (Phi) is 4.45. The van der Waals surface area contributed by atoms with E-state index in [2.05, 4.69) is 13.8 Å². The third-order valence-electron chi connectivity index (χ3n) is 3.07. The van der Waals surface area contributed by atoms with E-state index in [1.54, 1.807) is 7.11 Å². The van der Waals surface area contributed by atoms with Gasteiger partial charge in [-0.1, -0.05) is 39.3 Å². The van der Waals surface area contributed by atoms with Crippen molar-refractivity contribution in [3.05, 3.63) is 28.3 Å². The molecule has 1 aromatic carbocycles. The number of rotatable bonds is 4. The molecule has 0 atom stereocenters. The van der Waals surface area contributed by atoms with Crippen molar-refractivity contribution in [2.45, 2.75) is 39.0 Å². The molecule has 0 heterocycles. The summed E-state index contributed by atoms with van der Waals surface area (Å²) in [5.74, 6) is 1.10. The lowest BCUT2D eigenvalue weighted by Gasteiger charge is -2.25. The van der Waals surface area contributed by atoms with Crippen LogP contribution in [-0.4, -0.2) is 18.8 Å². The maximum absolute atomic E-state index is 9.40. The topological polar surface area (TPSA) is 29.5 Å². The highest BCUT2D eigenvalue weighted by atomic mass is 35.5. The summed E-state index contributed by atoms with van der Waals surface area (Å²) in [5, 5.41) is 10.1. The van der Waals surface area contributed by atoms with E-state index >= 15 is 0 Å². The van der Waals surface area contributed by atoms with Gasteiger partial charge in [-0.05, 0) is 23.6 Å². The van der Waals surface area contributed by atoms with Crippen LogP contribution < -0.4 is 4.74 Å². The van der Waals surface area contributed by atoms with Crippen LogP contribution in [0.5, 0.6) is 5.75 Å². The molecule has 0 aliphatic rings. The summed E-state index contributed by atoms with van der Waals surface area (Å²) in [6.07, 6.45) is 0. The Morgan fingerprint density at radius 3 is 2.35 bits per heavy atom. The Balaban J connectivity index is 3.37. The van der Waals surface area contributed by atoms with Crippen LogP contribution in [0.4, 0.5) is 0 Å². The summed E-state index contributed by atoms with van der Waals surface area (Å²) < 4.78 is 5.40. The molecular formula is C14H21ClO2. The highest BCUT2D eigenvalue weighted by Gasteiger charge is 2.23. The zero-order valence-corrected chi connectivity index (χ0v) is 11.9. The van der Waals surface area contributed by atoms with Crippen LogP contribution in [0.25, 0.3) is 0 Å². The van der Waals surface area contributed by atoms with Crippen molar-refractivity contribution in [3.63, 3.8) is 0 Å². The molecule has 3 heteroatoms. The van der Waals surface area contributed by atoms with E-state index in [-0.39, 0.29) is 12.0 Å². The normalized spacial score (nSPS) is 12.0. The smallest absolute Gasteiger partial charge is 0.124 e. The minimum Gasteiger partial charge on any atom is -0.496 e. The third kappa shape index (κ3) is 2.93. The number of benzene rings is 1. The minimum absolute atomic E-state index is 0.0769. The van der Waals surface area contributed by atoms with Crippen LogP contribution in [0.1, 0.15) is 44.7 Å². The van der Waals surface area contributed by atoms with Crippen molar-refractivity contribution in [2.24, 2.45) is 0 Å². The van der Waals surface area contributed by atoms with Gasteiger partial charge in [0, 0.05) is 16.0 Å². The van der Waals surface area contributed by atoms with E-state index in [1.165, 1.54) is 0 Å². The second kappa shape index (κ2) is 5.28. The molecule has 1 N–H and O–H groups in total. The number of methoxy groups -OCH3 is 1. The second-order valence-electron chi connectivity index (χ2n) is 5.27. The Hall–Kier alpha value is -0.730. The van der Waals surface area contributed by atoms with E-state index in [1.807, 2.05) is 26.0 Å². The number of hydrogen-bond acceptors (Lipinski definition) is 2. The molecule has 0 saturated heterocycles. The van der Waals surface area contributed by atoms with Gasteiger partial charge in [-0.3, -0.25) is 0 Å². The second-order valence-corrected chi connectivity index (χ2v) is 5.68. The molecule has 0 spiro atoms. The lowest BCUT2D eigenvalue weighted by atomic mass is 9.84. The Morgan fingerprint density at radius 1 is 1.35 bits per heavy atom. The molecule has 0 unspecified atom stereocenters. The average molecular weight is 257 g/mol. The predicted molar refractivity (Wildman–Crippen MR) is 72.2 cm³/mol. The SMILES string of the molecule is COc1cc(C(C)(C)CO)cc(Cl)c1C(C)C. The van der Waals surface area contributed by atoms with Crippen molar-refractivity contribution in [3.8, 4) is 5.75 Å². The van der Waals surface area contributed by atoms with Crippen molar-refractivity contribution < 1.29 is 9.84 Å². The zero-order valence-electron chi connectivity index (χ0n) is 11.2. The van der Waals surface area contributed by atoms with Gasteiger partial charge >= 0.3 is 0 Å². The van der Waals surface area contributed by atoms with Gasteiger partial charge in [0.1, 0.15) is 5.75 Å². The Morgan fingerprint density at radius 2 is 1.94 bits per heavy atom. The van der Waals surface area contributed by atoms with E-state index in [9.17, 15) is 5.11 Å². The summed E-state index contributed by atoms with van der Waals surface area (Å²) in [7, 11) is 1.65. The number of halogens is 1. The molecule has 0 radical (unpaired) electrons. The van der Waals surface area contributed by atoms with Gasteiger partial charge < -0.3 is 9.84 Å². The number of ether oxygens (including phenoxy) is 1. The van der Waals surface area contributed by atoms with Crippen LogP contribution in [0.15, 0.2) is 12.1 Å². The van der Waals surface area contributed by atoms with Crippen LogP contribution in [0.2, 0.25) is 5.02 Å². The molecule has 2 nitrogen and oxygen atoms in total. The summed E-state index contributed by atoms with van der Waals surface area (Å²) >= 11 is 6.31. The lowest BCUT2D eigenvalue weighted by molar-refractivity contribution is 0.218. The molecule has 0 aliphatic heterocycles. The fourth-order valence-electron chi connectivity index (χ4n) is 1.80. The highest BCUT2D eigenvalue weighted by Crippen LogP contribution is 2.37. The van der Waals surface area contributed by atoms with E-state index in [0.29, 0.717) is 10.9 Å². The van der Waals surface area contributed by atoms with Gasteiger partial charge in [-0.2, -0.15) is 0 Å². The summed E-state index contributed by atoms with van der Waals surface area (Å²) in [6.45, 7) is 8.20. The van der Waals surface area contributed by atoms with Crippen LogP contribution in [0.3, 0.4) is 0 Å². The van der Waals surface area contributed by atoms with Crippen molar-refractivity contribution in [2.75, 3.05) is 13.7 Å². The molecule has 0 aliphatic carbocycles. The van der Waals surface area contributed by atoms with Crippen molar-refractivity contribution >= 4 is 11.6 Å². The quantitative estimate of drug-likeness (QED) is 0.889. The number of aliphatic hydroxyl groups excluding tert-OH is 1. The molecule has 96 valence electrons. The maximum Gasteiger partial charge on any atom is 0.124 e. The summed E-state index contributed by atoms with van der Waals surface area (Å²) in [6, 6.07) is 3.90. The standard InChI is InChI=1S/C14H21ClO2/c1-9(2)13-11(15)6-10(7-12(13)17-5)14(3,4)8-16/h6-7,9,16H,8H2,1-5H3. The Bertz CT molecular complexity index is 397. The first-order chi connectivity index (χ1) is 7.83. The first-order valence-electron chi connectivity index (χ1n) is 5.82. The molecule has 1 aromatic rings. The van der Waals surface area contributed by atoms with E-state index < -0.39 is 0 Å². The van der Waals surface area contributed by atoms with Crippen LogP contribution in [-0.2, 0) is 5.41 Å². The van der Waals surface area contributed by atoms with Gasteiger partial charge in [-0.15, -0.1) is 0 Å². The zero-order chi connectivity index (χ0) is 13.2. The van der Waals surface area contributed by atoms with Crippen molar-refractivity contribution in [1.82, 2.24) is 0 Å². The number of hydrogen-bond donors (Lipinski definition) is 1. The molecule has 0 saturated carbocycles.